The first-order chi connectivity index (χ1) is 10.6. The van der Waals surface area contributed by atoms with Crippen LogP contribution in [0.2, 0.25) is 10.0 Å². The third kappa shape index (κ3) is 3.76. The standard InChI is InChI=1S/C13H6BrCl2F3N2O2/c1-23-12(22)9-10(13(17,18)19)21-11(14)8(20-9)5-2-3-6(15)7(16)4-5/h2-4H,1H3. The number of ether oxygens (including phenoxy) is 1. The molecule has 2 aromatic rings. The number of benzene rings is 1. The number of esters is 1. The third-order valence-corrected chi connectivity index (χ3v) is 3.99. The Morgan fingerprint density at radius 1 is 1.22 bits per heavy atom. The van der Waals surface area contributed by atoms with Crippen LogP contribution < -0.4 is 0 Å². The molecule has 1 aromatic carbocycles. The van der Waals surface area contributed by atoms with Crippen molar-refractivity contribution in [3.8, 4) is 11.3 Å². The fraction of sp³-hybridized carbons (Fsp3) is 0.154. The summed E-state index contributed by atoms with van der Waals surface area (Å²) in [5, 5.41) is 0.442. The van der Waals surface area contributed by atoms with Crippen LogP contribution in [-0.4, -0.2) is 23.0 Å². The Morgan fingerprint density at radius 3 is 2.39 bits per heavy atom. The molecule has 0 amide bonds. The molecule has 0 spiro atoms. The van der Waals surface area contributed by atoms with Crippen molar-refractivity contribution < 1.29 is 22.7 Å². The number of aromatic nitrogens is 2. The summed E-state index contributed by atoms with van der Waals surface area (Å²) in [6, 6.07) is 4.33. The molecular weight excluding hydrogens is 424 g/mol. The normalized spacial score (nSPS) is 11.4. The molecule has 0 unspecified atom stereocenters. The number of carbonyl (C=O) groups excluding carboxylic acids is 1. The quantitative estimate of drug-likeness (QED) is 0.629. The Kier molecular flexibility index (Phi) is 5.17. The molecule has 4 nitrogen and oxygen atoms in total. The molecule has 0 atom stereocenters. The number of methoxy groups -OCH3 is 1. The van der Waals surface area contributed by atoms with E-state index < -0.39 is 23.5 Å². The van der Waals surface area contributed by atoms with Crippen molar-refractivity contribution in [3.63, 3.8) is 0 Å². The lowest BCUT2D eigenvalue weighted by Gasteiger charge is -2.13. The van der Waals surface area contributed by atoms with Crippen LogP contribution in [0.3, 0.4) is 0 Å². The SMILES string of the molecule is COC(=O)c1nc(-c2ccc(Cl)c(Cl)c2)c(Br)nc1C(F)(F)F. The predicted octanol–water partition coefficient (Wildman–Crippen LogP) is 5.02. The average Bonchev–Trinajstić information content (AvgIpc) is 2.48. The van der Waals surface area contributed by atoms with E-state index in [4.69, 9.17) is 23.2 Å². The van der Waals surface area contributed by atoms with Gasteiger partial charge in [-0.3, -0.25) is 0 Å². The van der Waals surface area contributed by atoms with Crippen molar-refractivity contribution in [1.82, 2.24) is 9.97 Å². The molecule has 122 valence electrons. The molecule has 1 aromatic heterocycles. The van der Waals surface area contributed by atoms with E-state index in [0.717, 1.165) is 7.11 Å². The number of alkyl halides is 3. The van der Waals surface area contributed by atoms with Crippen LogP contribution in [0.1, 0.15) is 16.2 Å². The molecule has 0 saturated carbocycles. The van der Waals surface area contributed by atoms with E-state index in [1.54, 1.807) is 0 Å². The summed E-state index contributed by atoms with van der Waals surface area (Å²) >= 11 is 14.6. The van der Waals surface area contributed by atoms with Gasteiger partial charge >= 0.3 is 12.1 Å². The zero-order chi connectivity index (χ0) is 17.4. The summed E-state index contributed by atoms with van der Waals surface area (Å²) in [6.45, 7) is 0. The van der Waals surface area contributed by atoms with E-state index in [2.05, 4.69) is 30.6 Å². The first-order valence-electron chi connectivity index (χ1n) is 5.83. The Labute approximate surface area is 146 Å². The highest BCUT2D eigenvalue weighted by atomic mass is 79.9. The van der Waals surface area contributed by atoms with Crippen molar-refractivity contribution in [3.05, 3.63) is 44.2 Å². The summed E-state index contributed by atoms with van der Waals surface area (Å²) in [5.41, 5.74) is -2.06. The van der Waals surface area contributed by atoms with Crippen molar-refractivity contribution >= 4 is 45.1 Å². The summed E-state index contributed by atoms with van der Waals surface area (Å²) in [7, 11) is 0.949. The van der Waals surface area contributed by atoms with Gasteiger partial charge in [0.1, 0.15) is 10.3 Å². The van der Waals surface area contributed by atoms with Gasteiger partial charge in [-0.1, -0.05) is 29.3 Å². The van der Waals surface area contributed by atoms with Gasteiger partial charge in [-0.05, 0) is 28.1 Å². The predicted molar refractivity (Wildman–Crippen MR) is 81.5 cm³/mol. The number of carbonyl (C=O) groups is 1. The van der Waals surface area contributed by atoms with Crippen molar-refractivity contribution in [2.24, 2.45) is 0 Å². The second kappa shape index (κ2) is 6.62. The molecule has 0 fully saturated rings. The molecule has 0 bridgehead atoms. The fourth-order valence-electron chi connectivity index (χ4n) is 1.68. The zero-order valence-electron chi connectivity index (χ0n) is 11.2. The molecule has 0 radical (unpaired) electrons. The van der Waals surface area contributed by atoms with Crippen molar-refractivity contribution in [2.45, 2.75) is 6.18 Å². The summed E-state index contributed by atoms with van der Waals surface area (Å²) in [5.74, 6) is -1.25. The van der Waals surface area contributed by atoms with Gasteiger partial charge in [-0.2, -0.15) is 13.2 Å². The maximum absolute atomic E-state index is 13.0. The lowest BCUT2D eigenvalue weighted by Crippen LogP contribution is -2.19. The Hall–Kier alpha value is -1.38. The number of hydrogen-bond acceptors (Lipinski definition) is 4. The van der Waals surface area contributed by atoms with E-state index in [0.29, 0.717) is 5.56 Å². The second-order valence-corrected chi connectivity index (χ2v) is 5.74. The summed E-state index contributed by atoms with van der Waals surface area (Å²) in [4.78, 5) is 18.7. The van der Waals surface area contributed by atoms with Gasteiger partial charge in [0.05, 0.1) is 17.2 Å². The minimum Gasteiger partial charge on any atom is -0.464 e. The number of rotatable bonds is 2. The highest BCUT2D eigenvalue weighted by Gasteiger charge is 2.40. The van der Waals surface area contributed by atoms with Crippen LogP contribution in [0.25, 0.3) is 11.3 Å². The molecule has 1 heterocycles. The van der Waals surface area contributed by atoms with Crippen molar-refractivity contribution in [1.29, 1.82) is 0 Å². The molecule has 0 aliphatic rings. The monoisotopic (exact) mass is 428 g/mol. The molecule has 0 aliphatic heterocycles. The van der Waals surface area contributed by atoms with Crippen molar-refractivity contribution in [2.75, 3.05) is 7.11 Å². The van der Waals surface area contributed by atoms with Gasteiger partial charge < -0.3 is 4.74 Å². The Bertz CT molecular complexity index is 785. The highest BCUT2D eigenvalue weighted by Crippen LogP contribution is 2.35. The fourth-order valence-corrected chi connectivity index (χ4v) is 2.47. The smallest absolute Gasteiger partial charge is 0.435 e. The number of hydrogen-bond donors (Lipinski definition) is 0. The molecule has 2 rings (SSSR count). The molecule has 23 heavy (non-hydrogen) atoms. The topological polar surface area (TPSA) is 52.1 Å². The lowest BCUT2D eigenvalue weighted by atomic mass is 10.1. The van der Waals surface area contributed by atoms with E-state index in [-0.39, 0.29) is 20.3 Å². The van der Waals surface area contributed by atoms with Crippen LogP contribution in [0.4, 0.5) is 13.2 Å². The van der Waals surface area contributed by atoms with E-state index in [9.17, 15) is 18.0 Å². The first kappa shape index (κ1) is 18.0. The lowest BCUT2D eigenvalue weighted by molar-refractivity contribution is -0.142. The van der Waals surface area contributed by atoms with Crippen LogP contribution in [-0.2, 0) is 10.9 Å². The Morgan fingerprint density at radius 2 is 1.87 bits per heavy atom. The molecule has 0 saturated heterocycles. The number of nitrogens with zero attached hydrogens (tertiary/aromatic N) is 2. The molecule has 0 aliphatic carbocycles. The number of halogens is 6. The maximum atomic E-state index is 13.0. The van der Waals surface area contributed by atoms with Gasteiger partial charge in [0.15, 0.2) is 11.4 Å². The minimum atomic E-state index is -4.87. The van der Waals surface area contributed by atoms with Crippen LogP contribution in [0.5, 0.6) is 0 Å². The van der Waals surface area contributed by atoms with Gasteiger partial charge in [0.25, 0.3) is 0 Å². The molecular formula is C13H6BrCl2F3N2O2. The minimum absolute atomic E-state index is 0.00281. The van der Waals surface area contributed by atoms with Gasteiger partial charge in [-0.15, -0.1) is 0 Å². The van der Waals surface area contributed by atoms with Gasteiger partial charge in [-0.25, -0.2) is 14.8 Å². The second-order valence-electron chi connectivity index (χ2n) is 4.18. The van der Waals surface area contributed by atoms with Gasteiger partial charge in [0.2, 0.25) is 0 Å². The van der Waals surface area contributed by atoms with Gasteiger partial charge in [0, 0.05) is 5.56 Å². The third-order valence-electron chi connectivity index (χ3n) is 2.69. The van der Waals surface area contributed by atoms with Crippen LogP contribution in [0.15, 0.2) is 22.8 Å². The zero-order valence-corrected chi connectivity index (χ0v) is 14.3. The summed E-state index contributed by atoms with van der Waals surface area (Å²) < 4.78 is 43.2. The molecule has 10 heteroatoms. The Balaban J connectivity index is 2.71. The van der Waals surface area contributed by atoms with E-state index in [1.165, 1.54) is 18.2 Å². The first-order valence-corrected chi connectivity index (χ1v) is 7.38. The maximum Gasteiger partial charge on any atom is 0.435 e. The van der Waals surface area contributed by atoms with Crippen LogP contribution >= 0.6 is 39.1 Å². The molecule has 0 N–H and O–H groups in total. The van der Waals surface area contributed by atoms with E-state index >= 15 is 0 Å². The summed E-state index contributed by atoms with van der Waals surface area (Å²) in [6.07, 6.45) is -4.87. The van der Waals surface area contributed by atoms with E-state index in [1.807, 2.05) is 0 Å². The van der Waals surface area contributed by atoms with Crippen LogP contribution in [0, 0.1) is 0 Å². The largest absolute Gasteiger partial charge is 0.464 e. The average molecular weight is 430 g/mol. The highest BCUT2D eigenvalue weighted by molar-refractivity contribution is 9.10.